The van der Waals surface area contributed by atoms with Gasteiger partial charge in [-0.05, 0) is 13.0 Å². The summed E-state index contributed by atoms with van der Waals surface area (Å²) in [4.78, 5) is 15.5. The van der Waals surface area contributed by atoms with E-state index in [1.165, 1.54) is 33.2 Å². The highest BCUT2D eigenvalue weighted by Crippen LogP contribution is 2.32. The Morgan fingerprint density at radius 3 is 2.39 bits per heavy atom. The molecule has 0 fully saturated rings. The second-order valence-electron chi connectivity index (χ2n) is 4.58. The molecule has 0 N–H and O–H groups in total. The summed E-state index contributed by atoms with van der Waals surface area (Å²) in [5, 5.41) is -0.0711. The Balaban J connectivity index is 2.80. The normalized spacial score (nSPS) is 12.4. The zero-order valence-electron chi connectivity index (χ0n) is 12.1. The first-order valence-electron chi connectivity index (χ1n) is 6.04. The van der Waals surface area contributed by atoms with Crippen LogP contribution in [-0.4, -0.2) is 30.6 Å². The SMILES string of the molecule is COc1cc2c(cc(C)c(=O)n2C)c(OS(=O)(=O)C(F)(F)F)n1. The summed E-state index contributed by atoms with van der Waals surface area (Å²) >= 11 is 0. The zero-order chi connectivity index (χ0) is 17.6. The highest BCUT2D eigenvalue weighted by Gasteiger charge is 2.49. The Bertz CT molecular complexity index is 934. The highest BCUT2D eigenvalue weighted by atomic mass is 32.2. The van der Waals surface area contributed by atoms with Crippen LogP contribution >= 0.6 is 0 Å². The molecule has 0 atom stereocenters. The van der Waals surface area contributed by atoms with Gasteiger partial charge in [-0.1, -0.05) is 0 Å². The number of hydrogen-bond donors (Lipinski definition) is 0. The number of aromatic nitrogens is 2. The Morgan fingerprint density at radius 1 is 1.26 bits per heavy atom. The van der Waals surface area contributed by atoms with Crippen LogP contribution in [0.25, 0.3) is 10.9 Å². The van der Waals surface area contributed by atoms with Crippen LogP contribution in [0.15, 0.2) is 16.9 Å². The molecule has 2 aromatic heterocycles. The van der Waals surface area contributed by atoms with Gasteiger partial charge in [-0.3, -0.25) is 4.79 Å². The predicted octanol–water partition coefficient (Wildman–Crippen LogP) is 1.48. The first-order chi connectivity index (χ1) is 10.5. The molecule has 2 heterocycles. The van der Waals surface area contributed by atoms with E-state index < -0.39 is 27.1 Å². The maximum Gasteiger partial charge on any atom is 0.534 e. The molecule has 126 valence electrons. The van der Waals surface area contributed by atoms with Crippen molar-refractivity contribution >= 4 is 21.0 Å². The summed E-state index contributed by atoms with van der Waals surface area (Å²) < 4.78 is 69.9. The van der Waals surface area contributed by atoms with Crippen molar-refractivity contribution in [2.45, 2.75) is 12.4 Å². The van der Waals surface area contributed by atoms with Gasteiger partial charge >= 0.3 is 15.6 Å². The first-order valence-corrected chi connectivity index (χ1v) is 7.45. The quantitative estimate of drug-likeness (QED) is 0.614. The minimum absolute atomic E-state index is 0.0711. The average molecular weight is 352 g/mol. The fourth-order valence-electron chi connectivity index (χ4n) is 1.88. The number of rotatable bonds is 3. The topological polar surface area (TPSA) is 87.5 Å². The van der Waals surface area contributed by atoms with E-state index in [2.05, 4.69) is 9.17 Å². The largest absolute Gasteiger partial charge is 0.534 e. The number of nitrogens with zero attached hydrogens (tertiary/aromatic N) is 2. The molecular weight excluding hydrogens is 341 g/mol. The lowest BCUT2D eigenvalue weighted by Gasteiger charge is -2.13. The molecule has 0 aliphatic carbocycles. The maximum absolute atomic E-state index is 12.5. The van der Waals surface area contributed by atoms with E-state index in [1.54, 1.807) is 0 Å². The Kier molecular flexibility index (Phi) is 4.01. The first kappa shape index (κ1) is 17.1. The van der Waals surface area contributed by atoms with Crippen molar-refractivity contribution in [3.8, 4) is 11.8 Å². The second-order valence-corrected chi connectivity index (χ2v) is 6.12. The summed E-state index contributed by atoms with van der Waals surface area (Å²) in [6.45, 7) is 1.42. The molecule has 0 saturated heterocycles. The van der Waals surface area contributed by atoms with Gasteiger partial charge in [-0.25, -0.2) is 0 Å². The van der Waals surface area contributed by atoms with Gasteiger partial charge in [0.2, 0.25) is 11.8 Å². The van der Waals surface area contributed by atoms with Crippen LogP contribution in [0.1, 0.15) is 5.56 Å². The van der Waals surface area contributed by atoms with Gasteiger partial charge in [0.05, 0.1) is 18.0 Å². The highest BCUT2D eigenvalue weighted by molar-refractivity contribution is 7.88. The fraction of sp³-hybridized carbons (Fsp3) is 0.333. The number of fused-ring (bicyclic) bond motifs is 1. The van der Waals surface area contributed by atoms with E-state index in [0.29, 0.717) is 0 Å². The third kappa shape index (κ3) is 2.96. The number of halogens is 3. The van der Waals surface area contributed by atoms with Crippen molar-refractivity contribution in [1.29, 1.82) is 0 Å². The van der Waals surface area contributed by atoms with Crippen molar-refractivity contribution in [2.24, 2.45) is 7.05 Å². The van der Waals surface area contributed by atoms with Crippen molar-refractivity contribution in [1.82, 2.24) is 9.55 Å². The van der Waals surface area contributed by atoms with Crippen LogP contribution in [0.5, 0.6) is 11.8 Å². The Hall–Kier alpha value is -2.30. The maximum atomic E-state index is 12.5. The average Bonchev–Trinajstić information content (AvgIpc) is 2.44. The van der Waals surface area contributed by atoms with E-state index in [-0.39, 0.29) is 22.3 Å². The minimum Gasteiger partial charge on any atom is -0.481 e. The number of aryl methyl sites for hydroxylation is 2. The monoisotopic (exact) mass is 352 g/mol. The number of alkyl halides is 3. The summed E-state index contributed by atoms with van der Waals surface area (Å²) in [7, 11) is -3.35. The molecular formula is C12H11F3N2O5S. The molecule has 0 radical (unpaired) electrons. The van der Waals surface area contributed by atoms with Gasteiger partial charge in [0, 0.05) is 18.7 Å². The van der Waals surface area contributed by atoms with Gasteiger partial charge in [0.1, 0.15) is 0 Å². The molecule has 2 aromatic rings. The molecule has 23 heavy (non-hydrogen) atoms. The molecule has 0 aromatic carbocycles. The summed E-state index contributed by atoms with van der Waals surface area (Å²) in [6, 6.07) is 2.48. The van der Waals surface area contributed by atoms with Crippen LogP contribution in [0.3, 0.4) is 0 Å². The number of pyridine rings is 2. The van der Waals surface area contributed by atoms with Crippen LogP contribution < -0.4 is 14.5 Å². The molecule has 0 bridgehead atoms. The predicted molar refractivity (Wildman–Crippen MR) is 73.9 cm³/mol. The van der Waals surface area contributed by atoms with Crippen LogP contribution in [0.2, 0.25) is 0 Å². The standard InChI is InChI=1S/C12H11F3N2O5S/c1-6-4-7-8(17(2)11(6)18)5-9(21-3)16-10(7)22-23(19,20)12(13,14)15/h4-5H,1-3H3. The summed E-state index contributed by atoms with van der Waals surface area (Å²) in [5.74, 6) is -1.03. The van der Waals surface area contributed by atoms with Crippen molar-refractivity contribution in [2.75, 3.05) is 7.11 Å². The molecule has 0 amide bonds. The van der Waals surface area contributed by atoms with E-state index in [0.717, 1.165) is 4.57 Å². The Morgan fingerprint density at radius 2 is 1.87 bits per heavy atom. The van der Waals surface area contributed by atoms with Gasteiger partial charge in [0.25, 0.3) is 5.56 Å². The lowest BCUT2D eigenvalue weighted by molar-refractivity contribution is -0.0501. The van der Waals surface area contributed by atoms with Gasteiger partial charge in [-0.2, -0.15) is 26.6 Å². The molecule has 11 heteroatoms. The van der Waals surface area contributed by atoms with Crippen molar-refractivity contribution < 1.29 is 30.5 Å². The molecule has 0 unspecified atom stereocenters. The fourth-order valence-corrected chi connectivity index (χ4v) is 2.31. The second kappa shape index (κ2) is 5.41. The van der Waals surface area contributed by atoms with E-state index >= 15 is 0 Å². The lowest BCUT2D eigenvalue weighted by Crippen LogP contribution is -2.28. The lowest BCUT2D eigenvalue weighted by atomic mass is 10.2. The van der Waals surface area contributed by atoms with E-state index in [4.69, 9.17) is 4.74 Å². The van der Waals surface area contributed by atoms with Crippen molar-refractivity contribution in [3.63, 3.8) is 0 Å². The molecule has 0 aliphatic heterocycles. The smallest absolute Gasteiger partial charge is 0.481 e. The van der Waals surface area contributed by atoms with Gasteiger partial charge in [-0.15, -0.1) is 0 Å². The summed E-state index contributed by atoms with van der Waals surface area (Å²) in [6.07, 6.45) is 0. The molecule has 7 nitrogen and oxygen atoms in total. The van der Waals surface area contributed by atoms with Crippen molar-refractivity contribution in [3.05, 3.63) is 28.0 Å². The Labute approximate surface area is 128 Å². The van der Waals surface area contributed by atoms with Gasteiger partial charge in [0.15, 0.2) is 0 Å². The van der Waals surface area contributed by atoms with E-state index in [9.17, 15) is 26.4 Å². The third-order valence-electron chi connectivity index (χ3n) is 3.02. The molecule has 0 aliphatic rings. The van der Waals surface area contributed by atoms with Crippen LogP contribution in [-0.2, 0) is 17.2 Å². The van der Waals surface area contributed by atoms with E-state index in [1.807, 2.05) is 0 Å². The van der Waals surface area contributed by atoms with Crippen LogP contribution in [0, 0.1) is 6.92 Å². The van der Waals surface area contributed by atoms with Crippen LogP contribution in [0.4, 0.5) is 13.2 Å². The number of methoxy groups -OCH3 is 1. The number of hydrogen-bond acceptors (Lipinski definition) is 6. The van der Waals surface area contributed by atoms with Gasteiger partial charge < -0.3 is 13.5 Å². The molecule has 2 rings (SSSR count). The minimum atomic E-state index is -5.91. The summed E-state index contributed by atoms with van der Waals surface area (Å²) in [5.41, 5.74) is -5.73. The zero-order valence-corrected chi connectivity index (χ0v) is 12.9. The molecule has 0 spiro atoms. The number of ether oxygens (including phenoxy) is 1. The third-order valence-corrected chi connectivity index (χ3v) is 3.97. The molecule has 0 saturated carbocycles.